The molecule has 0 saturated heterocycles. The number of carbonyl (C=O) groups excluding carboxylic acids is 1. The van der Waals surface area contributed by atoms with Crippen LogP contribution in [0.3, 0.4) is 0 Å². The van der Waals surface area contributed by atoms with E-state index in [9.17, 15) is 4.79 Å². The van der Waals surface area contributed by atoms with Gasteiger partial charge >= 0.3 is 0 Å². The van der Waals surface area contributed by atoms with E-state index >= 15 is 0 Å². The van der Waals surface area contributed by atoms with Gasteiger partial charge in [-0.05, 0) is 48.1 Å². The Kier molecular flexibility index (Phi) is 4.90. The summed E-state index contributed by atoms with van der Waals surface area (Å²) >= 11 is 1.64. The van der Waals surface area contributed by atoms with Crippen LogP contribution in [-0.2, 0) is 29.0 Å². The van der Waals surface area contributed by atoms with Crippen molar-refractivity contribution < 1.29 is 9.53 Å². The fourth-order valence-electron chi connectivity index (χ4n) is 3.61. The summed E-state index contributed by atoms with van der Waals surface area (Å²) < 4.78 is 8.05. The standard InChI is InChI=1S/C19H25N3O2S/c1-2-24-11-16-9-21(18(23)7-15-5-6-25-12-15)10-17-19(16)22(13-20-17)8-14-3-4-14/h5-6,12-14,16H,2-4,7-11H2,1H3/t16-/m1/s1. The lowest BCUT2D eigenvalue weighted by Gasteiger charge is -2.33. The zero-order chi connectivity index (χ0) is 17.2. The number of hydrogen-bond acceptors (Lipinski definition) is 4. The molecular weight excluding hydrogens is 334 g/mol. The molecule has 1 amide bonds. The van der Waals surface area contributed by atoms with Crippen molar-refractivity contribution in [2.24, 2.45) is 5.92 Å². The summed E-state index contributed by atoms with van der Waals surface area (Å²) in [4.78, 5) is 19.3. The summed E-state index contributed by atoms with van der Waals surface area (Å²) in [5.41, 5.74) is 3.44. The first kappa shape index (κ1) is 16.8. The van der Waals surface area contributed by atoms with Crippen molar-refractivity contribution >= 4 is 17.2 Å². The van der Waals surface area contributed by atoms with Gasteiger partial charge in [-0.25, -0.2) is 4.98 Å². The van der Waals surface area contributed by atoms with Crippen molar-refractivity contribution in [3.63, 3.8) is 0 Å². The zero-order valence-corrected chi connectivity index (χ0v) is 15.5. The molecule has 3 heterocycles. The minimum Gasteiger partial charge on any atom is -0.381 e. The predicted molar refractivity (Wildman–Crippen MR) is 97.6 cm³/mol. The number of ether oxygens (including phenoxy) is 1. The molecule has 0 N–H and O–H groups in total. The molecule has 134 valence electrons. The second-order valence-electron chi connectivity index (χ2n) is 7.11. The highest BCUT2D eigenvalue weighted by Crippen LogP contribution is 2.34. The Balaban J connectivity index is 1.52. The summed E-state index contributed by atoms with van der Waals surface area (Å²) in [5.74, 6) is 1.21. The van der Waals surface area contributed by atoms with Gasteiger partial charge in [-0.1, -0.05) is 0 Å². The van der Waals surface area contributed by atoms with Gasteiger partial charge in [0, 0.05) is 31.3 Å². The topological polar surface area (TPSA) is 47.4 Å². The summed E-state index contributed by atoms with van der Waals surface area (Å²) in [6.07, 6.45) is 5.10. The second-order valence-corrected chi connectivity index (χ2v) is 7.89. The molecule has 4 rings (SSSR count). The molecule has 0 bridgehead atoms. The number of thiophene rings is 1. The summed E-state index contributed by atoms with van der Waals surface area (Å²) in [5, 5.41) is 4.07. The van der Waals surface area contributed by atoms with Crippen molar-refractivity contribution in [3.8, 4) is 0 Å². The minimum atomic E-state index is 0.183. The number of rotatable bonds is 7. The molecule has 1 aliphatic heterocycles. The molecule has 6 heteroatoms. The molecule has 0 unspecified atom stereocenters. The number of hydrogen-bond donors (Lipinski definition) is 0. The number of carbonyl (C=O) groups is 1. The smallest absolute Gasteiger partial charge is 0.227 e. The van der Waals surface area contributed by atoms with E-state index in [0.717, 1.165) is 30.3 Å². The molecule has 0 aromatic carbocycles. The molecule has 2 aliphatic rings. The van der Waals surface area contributed by atoms with Gasteiger partial charge in [0.15, 0.2) is 0 Å². The molecule has 5 nitrogen and oxygen atoms in total. The maximum absolute atomic E-state index is 12.7. The molecular formula is C19H25N3O2S. The predicted octanol–water partition coefficient (Wildman–Crippen LogP) is 3.06. The Morgan fingerprint density at radius 3 is 3.04 bits per heavy atom. The number of fused-ring (bicyclic) bond motifs is 1. The van der Waals surface area contributed by atoms with Crippen LogP contribution in [0.2, 0.25) is 0 Å². The molecule has 25 heavy (non-hydrogen) atoms. The van der Waals surface area contributed by atoms with E-state index in [1.54, 1.807) is 11.3 Å². The second kappa shape index (κ2) is 7.30. The third kappa shape index (κ3) is 3.80. The molecule has 1 saturated carbocycles. The van der Waals surface area contributed by atoms with Crippen LogP contribution in [0.4, 0.5) is 0 Å². The molecule has 1 aliphatic carbocycles. The zero-order valence-electron chi connectivity index (χ0n) is 14.7. The van der Waals surface area contributed by atoms with Crippen LogP contribution in [-0.4, -0.2) is 40.1 Å². The fraction of sp³-hybridized carbons (Fsp3) is 0.579. The Morgan fingerprint density at radius 1 is 1.44 bits per heavy atom. The first-order chi connectivity index (χ1) is 12.2. The molecule has 0 spiro atoms. The van der Waals surface area contributed by atoms with E-state index in [4.69, 9.17) is 4.74 Å². The van der Waals surface area contributed by atoms with Gasteiger partial charge in [0.25, 0.3) is 0 Å². The van der Waals surface area contributed by atoms with Crippen molar-refractivity contribution in [1.82, 2.24) is 14.5 Å². The quantitative estimate of drug-likeness (QED) is 0.763. The molecule has 1 atom stereocenters. The van der Waals surface area contributed by atoms with Crippen molar-refractivity contribution in [2.75, 3.05) is 19.8 Å². The largest absolute Gasteiger partial charge is 0.381 e. The Bertz CT molecular complexity index is 721. The molecule has 2 aromatic heterocycles. The van der Waals surface area contributed by atoms with Crippen LogP contribution in [0.25, 0.3) is 0 Å². The third-order valence-corrected chi connectivity index (χ3v) is 5.82. The van der Waals surface area contributed by atoms with Crippen LogP contribution < -0.4 is 0 Å². The normalized spacial score (nSPS) is 19.9. The number of aromatic nitrogens is 2. The first-order valence-electron chi connectivity index (χ1n) is 9.15. The summed E-state index contributed by atoms with van der Waals surface area (Å²) in [6, 6.07) is 2.03. The van der Waals surface area contributed by atoms with Gasteiger partial charge < -0.3 is 14.2 Å². The maximum atomic E-state index is 12.7. The third-order valence-electron chi connectivity index (χ3n) is 5.09. The monoisotopic (exact) mass is 359 g/mol. The van der Waals surface area contributed by atoms with Crippen LogP contribution in [0.5, 0.6) is 0 Å². The van der Waals surface area contributed by atoms with Crippen LogP contribution in [0.15, 0.2) is 23.2 Å². The lowest BCUT2D eigenvalue weighted by molar-refractivity contribution is -0.132. The van der Waals surface area contributed by atoms with Gasteiger partial charge in [0.1, 0.15) is 0 Å². The SMILES string of the molecule is CCOC[C@H]1CN(C(=O)Cc2ccsc2)Cc2ncn(CC3CC3)c21. The minimum absolute atomic E-state index is 0.183. The maximum Gasteiger partial charge on any atom is 0.227 e. The Labute approximate surface area is 152 Å². The van der Waals surface area contributed by atoms with Gasteiger partial charge in [0.05, 0.1) is 31.6 Å². The van der Waals surface area contributed by atoms with E-state index in [1.807, 2.05) is 29.6 Å². The van der Waals surface area contributed by atoms with E-state index in [0.29, 0.717) is 26.2 Å². The van der Waals surface area contributed by atoms with Crippen molar-refractivity contribution in [2.45, 2.75) is 45.2 Å². The first-order valence-corrected chi connectivity index (χ1v) is 10.1. The van der Waals surface area contributed by atoms with Crippen molar-refractivity contribution in [1.29, 1.82) is 0 Å². The molecule has 0 radical (unpaired) electrons. The number of amides is 1. The summed E-state index contributed by atoms with van der Waals surface area (Å²) in [7, 11) is 0. The van der Waals surface area contributed by atoms with E-state index in [1.165, 1.54) is 18.5 Å². The van der Waals surface area contributed by atoms with E-state index in [2.05, 4.69) is 14.9 Å². The Hall–Kier alpha value is -1.66. The van der Waals surface area contributed by atoms with Gasteiger partial charge in [0.2, 0.25) is 5.91 Å². The van der Waals surface area contributed by atoms with Crippen LogP contribution >= 0.6 is 11.3 Å². The highest BCUT2D eigenvalue weighted by Gasteiger charge is 2.33. The van der Waals surface area contributed by atoms with Gasteiger partial charge in [-0.15, -0.1) is 0 Å². The number of imidazole rings is 1. The van der Waals surface area contributed by atoms with Gasteiger partial charge in [-0.3, -0.25) is 4.79 Å². The molecule has 1 fully saturated rings. The lowest BCUT2D eigenvalue weighted by atomic mass is 9.98. The van der Waals surface area contributed by atoms with Gasteiger partial charge in [-0.2, -0.15) is 11.3 Å². The summed E-state index contributed by atoms with van der Waals surface area (Å²) in [6.45, 7) is 5.79. The molecule has 2 aromatic rings. The number of nitrogens with zero attached hydrogens (tertiary/aromatic N) is 3. The highest BCUT2D eigenvalue weighted by atomic mass is 32.1. The average Bonchev–Trinajstić information content (AvgIpc) is 3.11. The fourth-order valence-corrected chi connectivity index (χ4v) is 4.28. The van der Waals surface area contributed by atoms with Crippen LogP contribution in [0.1, 0.15) is 42.6 Å². The van der Waals surface area contributed by atoms with Crippen molar-refractivity contribution in [3.05, 3.63) is 40.1 Å². The van der Waals surface area contributed by atoms with E-state index in [-0.39, 0.29) is 11.8 Å². The van der Waals surface area contributed by atoms with E-state index < -0.39 is 0 Å². The highest BCUT2D eigenvalue weighted by molar-refractivity contribution is 7.08. The Morgan fingerprint density at radius 2 is 2.32 bits per heavy atom. The van der Waals surface area contributed by atoms with Crippen LogP contribution in [0, 0.1) is 5.92 Å². The lowest BCUT2D eigenvalue weighted by Crippen LogP contribution is -2.41. The average molecular weight is 359 g/mol.